The summed E-state index contributed by atoms with van der Waals surface area (Å²) in [4.78, 5) is 13.8. The number of ether oxygens (including phenoxy) is 1. The molecule has 1 aromatic carbocycles. The molecule has 0 spiro atoms. The van der Waals surface area contributed by atoms with Gasteiger partial charge in [-0.05, 0) is 12.1 Å². The third-order valence-corrected chi connectivity index (χ3v) is 4.38. The zero-order valence-corrected chi connectivity index (χ0v) is 13.6. The Balaban J connectivity index is 1.93. The van der Waals surface area contributed by atoms with Crippen LogP contribution in [-0.2, 0) is 10.9 Å². The monoisotopic (exact) mass is 390 g/mol. The minimum Gasteiger partial charge on any atom is -0.394 e. The highest BCUT2D eigenvalue weighted by atomic mass is 19.4. The molecule has 0 bridgehead atoms. The maximum absolute atomic E-state index is 13.1. The van der Waals surface area contributed by atoms with E-state index in [0.717, 1.165) is 6.07 Å². The minimum absolute atomic E-state index is 0.102. The fourth-order valence-corrected chi connectivity index (χ4v) is 3.03. The quantitative estimate of drug-likeness (QED) is 0.426. The fraction of sp³-hybridized carbons (Fsp3) is 0.438. The topological polar surface area (TPSA) is 135 Å². The Morgan fingerprint density at radius 2 is 1.85 bits per heavy atom. The van der Waals surface area contributed by atoms with Crippen molar-refractivity contribution < 1.29 is 38.3 Å². The van der Waals surface area contributed by atoms with Gasteiger partial charge < -0.3 is 35.5 Å². The number of hydrogen-bond acceptors (Lipinski definition) is 7. The number of halogens is 3. The molecule has 3 rings (SSSR count). The molecule has 6 N–H and O–H groups in total. The van der Waals surface area contributed by atoms with E-state index >= 15 is 0 Å². The molecule has 1 aromatic heterocycles. The van der Waals surface area contributed by atoms with Gasteiger partial charge in [-0.2, -0.15) is 13.2 Å². The number of nitrogens with one attached hydrogen (secondary N) is 2. The van der Waals surface area contributed by atoms with E-state index in [1.165, 1.54) is 12.1 Å². The summed E-state index contributed by atoms with van der Waals surface area (Å²) in [6, 6.07) is 2.84. The predicted octanol–water partition coefficient (Wildman–Crippen LogP) is -0.241. The Bertz CT molecular complexity index is 887. The molecule has 1 aliphatic rings. The smallest absolute Gasteiger partial charge is 0.394 e. The van der Waals surface area contributed by atoms with Crippen molar-refractivity contribution in [2.45, 2.75) is 36.8 Å². The van der Waals surface area contributed by atoms with Crippen LogP contribution in [0.5, 0.6) is 0 Å². The van der Waals surface area contributed by atoms with E-state index in [0.29, 0.717) is 6.07 Å². The first kappa shape index (κ1) is 19.6. The van der Waals surface area contributed by atoms with E-state index < -0.39 is 54.5 Å². The zero-order chi connectivity index (χ0) is 19.9. The van der Waals surface area contributed by atoms with E-state index in [2.05, 4.69) is 10.3 Å². The summed E-state index contributed by atoms with van der Waals surface area (Å²) < 4.78 is 44.3. The molecule has 0 saturated carbocycles. The van der Waals surface area contributed by atoms with Gasteiger partial charge in [0.1, 0.15) is 24.4 Å². The van der Waals surface area contributed by atoms with Gasteiger partial charge in [-0.3, -0.25) is 4.79 Å². The second kappa shape index (κ2) is 7.09. The molecule has 2 heterocycles. The molecule has 2 aromatic rings. The molecule has 0 aliphatic carbocycles. The highest BCUT2D eigenvalue weighted by Crippen LogP contribution is 2.34. The van der Waals surface area contributed by atoms with Crippen LogP contribution in [-0.4, -0.2) is 62.7 Å². The molecule has 27 heavy (non-hydrogen) atoms. The lowest BCUT2D eigenvalue weighted by atomic mass is 9.96. The lowest BCUT2D eigenvalue weighted by Crippen LogP contribution is -2.61. The average Bonchev–Trinajstić information content (AvgIpc) is 2.60. The fourth-order valence-electron chi connectivity index (χ4n) is 3.03. The number of hydrogen-bond donors (Lipinski definition) is 6. The second-order valence-corrected chi connectivity index (χ2v) is 6.20. The summed E-state index contributed by atoms with van der Waals surface area (Å²) >= 11 is 0. The number of aromatic nitrogens is 1. The molecule has 1 fully saturated rings. The third-order valence-electron chi connectivity index (χ3n) is 4.38. The van der Waals surface area contributed by atoms with Gasteiger partial charge in [-0.15, -0.1) is 0 Å². The number of aliphatic hydroxyl groups is 4. The number of alkyl halides is 3. The molecule has 1 saturated heterocycles. The number of rotatable bonds is 3. The highest BCUT2D eigenvalue weighted by molar-refractivity contribution is 5.85. The molecule has 148 valence electrons. The van der Waals surface area contributed by atoms with Crippen LogP contribution in [0, 0.1) is 0 Å². The Labute approximate surface area is 149 Å². The van der Waals surface area contributed by atoms with E-state index in [-0.39, 0.29) is 16.6 Å². The molecular formula is C16H17F3N2O6. The van der Waals surface area contributed by atoms with Crippen LogP contribution < -0.4 is 10.9 Å². The van der Waals surface area contributed by atoms with Crippen LogP contribution in [0.1, 0.15) is 5.56 Å². The van der Waals surface area contributed by atoms with Gasteiger partial charge in [0, 0.05) is 17.1 Å². The van der Waals surface area contributed by atoms with Gasteiger partial charge in [0.25, 0.3) is 0 Å². The van der Waals surface area contributed by atoms with Crippen LogP contribution in [0.15, 0.2) is 29.1 Å². The molecule has 5 atom stereocenters. The maximum atomic E-state index is 13.1. The minimum atomic E-state index is -4.71. The van der Waals surface area contributed by atoms with Gasteiger partial charge in [-0.1, -0.05) is 6.07 Å². The lowest BCUT2D eigenvalue weighted by molar-refractivity contribution is -0.245. The third kappa shape index (κ3) is 3.77. The summed E-state index contributed by atoms with van der Waals surface area (Å²) in [6.45, 7) is -0.626. The van der Waals surface area contributed by atoms with Crippen LogP contribution >= 0.6 is 0 Å². The van der Waals surface area contributed by atoms with E-state index in [1.807, 2.05) is 0 Å². The van der Waals surface area contributed by atoms with Crippen molar-refractivity contribution in [2.75, 3.05) is 11.9 Å². The molecule has 4 unspecified atom stereocenters. The first-order valence-corrected chi connectivity index (χ1v) is 7.93. The van der Waals surface area contributed by atoms with E-state index in [9.17, 15) is 33.3 Å². The van der Waals surface area contributed by atoms with E-state index in [4.69, 9.17) is 9.84 Å². The summed E-state index contributed by atoms with van der Waals surface area (Å²) in [6.07, 6.45) is -10.5. The van der Waals surface area contributed by atoms with Gasteiger partial charge in [0.15, 0.2) is 6.29 Å². The van der Waals surface area contributed by atoms with Crippen molar-refractivity contribution in [1.82, 2.24) is 4.98 Å². The number of aliphatic hydroxyl groups excluding tert-OH is 4. The van der Waals surface area contributed by atoms with Crippen LogP contribution in [0.2, 0.25) is 0 Å². The number of anilines is 1. The van der Waals surface area contributed by atoms with Gasteiger partial charge >= 0.3 is 6.18 Å². The maximum Gasteiger partial charge on any atom is 0.417 e. The summed E-state index contributed by atoms with van der Waals surface area (Å²) in [5.41, 5.74) is -1.96. The summed E-state index contributed by atoms with van der Waals surface area (Å²) in [5, 5.41) is 41.4. The first-order valence-electron chi connectivity index (χ1n) is 7.93. The molecule has 1 aliphatic heterocycles. The second-order valence-electron chi connectivity index (χ2n) is 6.20. The van der Waals surface area contributed by atoms with Crippen molar-refractivity contribution in [3.63, 3.8) is 0 Å². The number of benzene rings is 1. The summed E-state index contributed by atoms with van der Waals surface area (Å²) in [7, 11) is 0. The Hall–Kier alpha value is -2.18. The SMILES string of the molecule is O=c1cc(C(F)(F)F)c2ccc(NC3C(O)OC(CO)[C@@H](O)C3O)cc2[nH]1. The van der Waals surface area contributed by atoms with Crippen molar-refractivity contribution in [3.8, 4) is 0 Å². The van der Waals surface area contributed by atoms with Gasteiger partial charge in [-0.25, -0.2) is 0 Å². The summed E-state index contributed by atoms with van der Waals surface area (Å²) in [5.74, 6) is 0. The Morgan fingerprint density at radius 3 is 2.48 bits per heavy atom. The standard InChI is InChI=1S/C16H17F3N2O6/c17-16(18,19)8-4-11(23)21-9-3-6(1-2-7(8)9)20-12-14(25)13(24)10(5-22)27-15(12)26/h1-4,10,12-15,20,22,24-26H,5H2,(H,21,23)/t10?,12?,13-,14?,15?/m1/s1. The molecule has 0 amide bonds. The van der Waals surface area contributed by atoms with Crippen LogP contribution in [0.4, 0.5) is 18.9 Å². The molecular weight excluding hydrogens is 373 g/mol. The van der Waals surface area contributed by atoms with Gasteiger partial charge in [0.2, 0.25) is 5.56 Å². The van der Waals surface area contributed by atoms with E-state index in [1.54, 1.807) is 0 Å². The normalized spacial score (nSPS) is 29.1. The number of aromatic amines is 1. The zero-order valence-electron chi connectivity index (χ0n) is 13.6. The highest BCUT2D eigenvalue weighted by Gasteiger charge is 2.43. The number of H-pyrrole nitrogens is 1. The molecule has 8 nitrogen and oxygen atoms in total. The number of fused-ring (bicyclic) bond motifs is 1. The van der Waals surface area contributed by atoms with Crippen molar-refractivity contribution in [2.24, 2.45) is 0 Å². The van der Waals surface area contributed by atoms with Crippen molar-refractivity contribution in [3.05, 3.63) is 40.2 Å². The largest absolute Gasteiger partial charge is 0.417 e. The Kier molecular flexibility index (Phi) is 5.14. The molecule has 11 heteroatoms. The number of pyridine rings is 1. The van der Waals surface area contributed by atoms with Gasteiger partial charge in [0.05, 0.1) is 17.7 Å². The molecule has 0 radical (unpaired) electrons. The average molecular weight is 390 g/mol. The predicted molar refractivity (Wildman–Crippen MR) is 87.0 cm³/mol. The van der Waals surface area contributed by atoms with Crippen molar-refractivity contribution >= 4 is 16.6 Å². The van der Waals surface area contributed by atoms with Crippen LogP contribution in [0.25, 0.3) is 10.9 Å². The van der Waals surface area contributed by atoms with Crippen molar-refractivity contribution in [1.29, 1.82) is 0 Å². The Morgan fingerprint density at radius 1 is 1.15 bits per heavy atom. The van der Waals surface area contributed by atoms with Crippen LogP contribution in [0.3, 0.4) is 0 Å². The first-order chi connectivity index (χ1) is 12.6. The lowest BCUT2D eigenvalue weighted by Gasteiger charge is -2.40.